The first kappa shape index (κ1) is 14.6. The molecule has 0 spiro atoms. The molecular formula is C15H14FNO2S2. The first-order valence-corrected chi connectivity index (χ1v) is 8.06. The van der Waals surface area contributed by atoms with Crippen molar-refractivity contribution in [3.63, 3.8) is 0 Å². The third-order valence-electron chi connectivity index (χ3n) is 3.00. The summed E-state index contributed by atoms with van der Waals surface area (Å²) in [5, 5.41) is 9.95. The van der Waals surface area contributed by atoms with Gasteiger partial charge >= 0.3 is 0 Å². The van der Waals surface area contributed by atoms with Crippen molar-refractivity contribution in [3.8, 4) is 5.75 Å². The van der Waals surface area contributed by atoms with Crippen molar-refractivity contribution in [2.75, 3.05) is 6.61 Å². The Morgan fingerprint density at radius 1 is 1.43 bits per heavy atom. The van der Waals surface area contributed by atoms with Gasteiger partial charge in [-0.15, -0.1) is 11.3 Å². The molecule has 2 heterocycles. The van der Waals surface area contributed by atoms with Crippen LogP contribution in [0.4, 0.5) is 4.39 Å². The molecule has 0 aliphatic carbocycles. The van der Waals surface area contributed by atoms with Gasteiger partial charge in [-0.2, -0.15) is 0 Å². The van der Waals surface area contributed by atoms with Crippen LogP contribution in [0.5, 0.6) is 5.75 Å². The lowest BCUT2D eigenvalue weighted by molar-refractivity contribution is 0.0823. The molecule has 3 nitrogen and oxygen atoms in total. The minimum atomic E-state index is -0.886. The number of nitrogens with zero attached hydrogens (tertiary/aromatic N) is 1. The highest BCUT2D eigenvalue weighted by Gasteiger charge is 2.20. The van der Waals surface area contributed by atoms with Crippen LogP contribution in [0.2, 0.25) is 0 Å². The van der Waals surface area contributed by atoms with Crippen LogP contribution in [0.15, 0.2) is 39.7 Å². The van der Waals surface area contributed by atoms with E-state index in [1.807, 2.05) is 12.1 Å². The van der Waals surface area contributed by atoms with Crippen molar-refractivity contribution in [1.29, 1.82) is 0 Å². The van der Waals surface area contributed by atoms with Gasteiger partial charge in [-0.3, -0.25) is 0 Å². The second kappa shape index (κ2) is 5.44. The van der Waals surface area contributed by atoms with Crippen LogP contribution >= 0.6 is 23.1 Å². The van der Waals surface area contributed by atoms with Gasteiger partial charge in [0.2, 0.25) is 0 Å². The lowest BCUT2D eigenvalue weighted by Gasteiger charge is -2.14. The fourth-order valence-electron chi connectivity index (χ4n) is 1.89. The number of benzene rings is 1. The number of thiazole rings is 1. The highest BCUT2D eigenvalue weighted by Crippen LogP contribution is 2.39. The molecule has 1 aliphatic rings. The second-order valence-electron chi connectivity index (χ2n) is 5.17. The van der Waals surface area contributed by atoms with E-state index in [2.05, 4.69) is 4.98 Å². The highest BCUT2D eigenvalue weighted by atomic mass is 32.2. The Bertz CT molecular complexity index is 704. The van der Waals surface area contributed by atoms with E-state index < -0.39 is 5.60 Å². The Labute approximate surface area is 130 Å². The number of hydrogen-bond donors (Lipinski definition) is 1. The summed E-state index contributed by atoms with van der Waals surface area (Å²) in [4.78, 5) is 6.04. The second-order valence-corrected chi connectivity index (χ2v) is 7.52. The molecule has 0 fully saturated rings. The summed E-state index contributed by atoms with van der Waals surface area (Å²) in [6, 6.07) is 5.38. The number of aliphatic hydroxyl groups is 1. The predicted octanol–water partition coefficient (Wildman–Crippen LogP) is 4.22. The maximum atomic E-state index is 13.6. The van der Waals surface area contributed by atoms with Crippen molar-refractivity contribution >= 4 is 28.9 Å². The van der Waals surface area contributed by atoms with Gasteiger partial charge in [0.1, 0.15) is 18.2 Å². The lowest BCUT2D eigenvalue weighted by Crippen LogP contribution is -2.12. The van der Waals surface area contributed by atoms with Crippen molar-refractivity contribution in [2.24, 2.45) is 0 Å². The number of fused-ring (bicyclic) bond motifs is 1. The molecule has 0 amide bonds. The van der Waals surface area contributed by atoms with Crippen molar-refractivity contribution < 1.29 is 14.2 Å². The van der Waals surface area contributed by atoms with Crippen LogP contribution in [0.1, 0.15) is 24.3 Å². The van der Waals surface area contributed by atoms with Gasteiger partial charge in [-0.05, 0) is 38.1 Å². The van der Waals surface area contributed by atoms with E-state index in [1.54, 1.807) is 26.1 Å². The van der Waals surface area contributed by atoms with Crippen LogP contribution in [-0.2, 0) is 5.60 Å². The van der Waals surface area contributed by atoms with Crippen LogP contribution in [0, 0.1) is 0 Å². The number of hydrogen-bond acceptors (Lipinski definition) is 5. The Morgan fingerprint density at radius 3 is 2.95 bits per heavy atom. The van der Waals surface area contributed by atoms with Crippen molar-refractivity contribution in [3.05, 3.63) is 40.9 Å². The standard InChI is InChI=1S/C15H14FNO2S2/c1-15(2,18)13-8-17-14(21-13)20-9-3-4-10-11(16)5-6-19-12(10)7-9/h3-5,7-8,18H,6H2,1-2H3. The molecule has 0 bridgehead atoms. The van der Waals surface area contributed by atoms with E-state index >= 15 is 0 Å². The van der Waals surface area contributed by atoms with Gasteiger partial charge in [0.05, 0.1) is 16.0 Å². The molecule has 1 aromatic carbocycles. The minimum absolute atomic E-state index is 0.244. The Kier molecular flexibility index (Phi) is 3.77. The number of aromatic nitrogens is 1. The molecule has 1 aliphatic heterocycles. The van der Waals surface area contributed by atoms with Crippen molar-refractivity contribution in [2.45, 2.75) is 28.7 Å². The molecule has 0 saturated carbocycles. The molecule has 1 N–H and O–H groups in total. The zero-order chi connectivity index (χ0) is 15.0. The number of rotatable bonds is 3. The molecule has 0 atom stereocenters. The van der Waals surface area contributed by atoms with Gasteiger partial charge < -0.3 is 9.84 Å². The summed E-state index contributed by atoms with van der Waals surface area (Å²) in [7, 11) is 0. The molecule has 6 heteroatoms. The molecule has 0 unspecified atom stereocenters. The molecule has 110 valence electrons. The largest absolute Gasteiger partial charge is 0.489 e. The topological polar surface area (TPSA) is 42.4 Å². The zero-order valence-corrected chi connectivity index (χ0v) is 13.2. The number of ether oxygens (including phenoxy) is 1. The monoisotopic (exact) mass is 323 g/mol. The van der Waals surface area contributed by atoms with Gasteiger partial charge in [0.25, 0.3) is 0 Å². The summed E-state index contributed by atoms with van der Waals surface area (Å²) >= 11 is 2.92. The first-order valence-electron chi connectivity index (χ1n) is 6.43. The maximum absolute atomic E-state index is 13.6. The molecule has 0 saturated heterocycles. The molecular weight excluding hydrogens is 309 g/mol. The van der Waals surface area contributed by atoms with Gasteiger partial charge in [-0.1, -0.05) is 11.8 Å². The quantitative estimate of drug-likeness (QED) is 0.918. The fraction of sp³-hybridized carbons (Fsp3) is 0.267. The molecule has 2 aromatic rings. The minimum Gasteiger partial charge on any atom is -0.489 e. The third kappa shape index (κ3) is 3.12. The summed E-state index contributed by atoms with van der Waals surface area (Å²) in [5.41, 5.74) is -0.398. The lowest BCUT2D eigenvalue weighted by atomic mass is 10.1. The SMILES string of the molecule is CC(C)(O)c1cnc(Sc2ccc3c(c2)OCC=C3F)s1. The normalized spacial score (nSPS) is 14.4. The molecule has 21 heavy (non-hydrogen) atoms. The Balaban J connectivity index is 1.83. The summed E-state index contributed by atoms with van der Waals surface area (Å²) < 4.78 is 19.9. The summed E-state index contributed by atoms with van der Waals surface area (Å²) in [5.74, 6) is 0.311. The molecule has 1 aromatic heterocycles. The predicted molar refractivity (Wildman–Crippen MR) is 82.5 cm³/mol. The average molecular weight is 323 g/mol. The summed E-state index contributed by atoms with van der Waals surface area (Å²) in [6.07, 6.45) is 3.11. The zero-order valence-electron chi connectivity index (χ0n) is 11.6. The van der Waals surface area contributed by atoms with E-state index in [4.69, 9.17) is 4.74 Å². The Hall–Kier alpha value is -1.37. The van der Waals surface area contributed by atoms with Crippen LogP contribution in [-0.4, -0.2) is 16.7 Å². The number of halogens is 1. The average Bonchev–Trinajstić information content (AvgIpc) is 2.87. The third-order valence-corrected chi connectivity index (χ3v) is 5.38. The van der Waals surface area contributed by atoms with E-state index in [1.165, 1.54) is 29.2 Å². The molecule has 3 rings (SSSR count). The van der Waals surface area contributed by atoms with E-state index in [0.717, 1.165) is 14.1 Å². The maximum Gasteiger partial charge on any atom is 0.154 e. The van der Waals surface area contributed by atoms with E-state index in [-0.39, 0.29) is 12.4 Å². The van der Waals surface area contributed by atoms with E-state index in [0.29, 0.717) is 11.3 Å². The summed E-state index contributed by atoms with van der Waals surface area (Å²) in [6.45, 7) is 3.72. The van der Waals surface area contributed by atoms with Crippen LogP contribution in [0.25, 0.3) is 5.83 Å². The molecule has 0 radical (unpaired) electrons. The highest BCUT2D eigenvalue weighted by molar-refractivity contribution is 8.01. The van der Waals surface area contributed by atoms with Crippen LogP contribution < -0.4 is 4.74 Å². The smallest absolute Gasteiger partial charge is 0.154 e. The van der Waals surface area contributed by atoms with Gasteiger partial charge in [-0.25, -0.2) is 9.37 Å². The first-order chi connectivity index (χ1) is 9.93. The van der Waals surface area contributed by atoms with Gasteiger partial charge in [0, 0.05) is 11.1 Å². The van der Waals surface area contributed by atoms with Crippen molar-refractivity contribution in [1.82, 2.24) is 4.98 Å². The van der Waals surface area contributed by atoms with Crippen LogP contribution in [0.3, 0.4) is 0 Å². The van der Waals surface area contributed by atoms with Gasteiger partial charge in [0.15, 0.2) is 4.34 Å². The Morgan fingerprint density at radius 2 is 2.24 bits per heavy atom. The van der Waals surface area contributed by atoms with E-state index in [9.17, 15) is 9.50 Å². The fourth-order valence-corrected chi connectivity index (χ4v) is 3.87.